The molecule has 4 aromatic rings. The number of ketones is 2. The fraction of sp³-hybridized carbons (Fsp3) is 0. The average Bonchev–Trinajstić information content (AvgIpc) is 2.83. The Labute approximate surface area is 247 Å². The monoisotopic (exact) mass is 578 g/mol. The number of nitrogens with one attached hydrogen (secondary N) is 2. The van der Waals surface area contributed by atoms with Crippen molar-refractivity contribution < 1.29 is 52.1 Å². The van der Waals surface area contributed by atoms with Crippen LogP contribution in [-0.4, -0.2) is 39.5 Å². The third-order valence-electron chi connectivity index (χ3n) is 5.47. The van der Waals surface area contributed by atoms with E-state index in [-0.39, 0.29) is 74.0 Å². The van der Waals surface area contributed by atoms with Crippen LogP contribution in [0.5, 0.6) is 0 Å². The Morgan fingerprint density at radius 3 is 1.82 bits per heavy atom. The van der Waals surface area contributed by atoms with Crippen LogP contribution in [0.15, 0.2) is 59.5 Å². The minimum atomic E-state index is -5.08. The zero-order valence-corrected chi connectivity index (χ0v) is 23.6. The molecule has 0 spiro atoms. The molecule has 0 fully saturated rings. The molecule has 0 unspecified atom stereocenters. The van der Waals surface area contributed by atoms with E-state index in [2.05, 4.69) is 25.6 Å². The maximum absolute atomic E-state index is 13.4. The van der Waals surface area contributed by atoms with Gasteiger partial charge in [0.25, 0.3) is 0 Å². The van der Waals surface area contributed by atoms with E-state index in [4.69, 9.17) is 28.9 Å². The number of nitrogens with zero attached hydrogens (tertiary/aromatic N) is 3. The second kappa shape index (κ2) is 10.6. The van der Waals surface area contributed by atoms with Gasteiger partial charge < -0.3 is 20.9 Å². The minimum absolute atomic E-state index is 0. The summed E-state index contributed by atoms with van der Waals surface area (Å²) in [7, 11) is -5.08. The van der Waals surface area contributed by atoms with E-state index in [0.717, 1.165) is 6.07 Å². The molecule has 1 aliphatic rings. The molecule has 1 heterocycles. The van der Waals surface area contributed by atoms with Crippen LogP contribution in [0.25, 0.3) is 0 Å². The van der Waals surface area contributed by atoms with Gasteiger partial charge >= 0.3 is 29.6 Å². The second-order valence-electron chi connectivity index (χ2n) is 7.77. The maximum Gasteiger partial charge on any atom is 1.00 e. The van der Waals surface area contributed by atoms with Crippen molar-refractivity contribution in [1.82, 2.24) is 15.0 Å². The van der Waals surface area contributed by atoms with Gasteiger partial charge in [0.15, 0.2) is 11.6 Å². The smallest absolute Gasteiger partial charge is 0.744 e. The number of hydrogen-bond donors (Lipinski definition) is 3. The van der Waals surface area contributed by atoms with Crippen molar-refractivity contribution in [2.75, 3.05) is 16.4 Å². The summed E-state index contributed by atoms with van der Waals surface area (Å²) in [6, 6.07) is 13.4. The summed E-state index contributed by atoms with van der Waals surface area (Å²) in [6.45, 7) is 0. The number of halogens is 2. The summed E-state index contributed by atoms with van der Waals surface area (Å²) in [5.41, 5.74) is 5.97. The number of nitrogen functional groups attached to an aromatic ring is 1. The van der Waals surface area contributed by atoms with E-state index in [0.29, 0.717) is 11.4 Å². The normalized spacial score (nSPS) is 12.3. The van der Waals surface area contributed by atoms with Crippen LogP contribution in [0.3, 0.4) is 0 Å². The van der Waals surface area contributed by atoms with Gasteiger partial charge in [0.05, 0.1) is 27.4 Å². The van der Waals surface area contributed by atoms with E-state index in [1.807, 2.05) is 0 Å². The maximum atomic E-state index is 13.4. The van der Waals surface area contributed by atoms with Gasteiger partial charge in [-0.2, -0.15) is 15.0 Å². The quantitative estimate of drug-likeness (QED) is 0.153. The third-order valence-corrected chi connectivity index (χ3v) is 6.68. The third kappa shape index (κ3) is 5.24. The first-order chi connectivity index (χ1) is 17.5. The van der Waals surface area contributed by atoms with Gasteiger partial charge in [-0.1, -0.05) is 24.3 Å². The molecule has 0 saturated carbocycles. The van der Waals surface area contributed by atoms with E-state index >= 15 is 0 Å². The zero-order valence-electron chi connectivity index (χ0n) is 19.3. The van der Waals surface area contributed by atoms with Crippen molar-refractivity contribution in [2.45, 2.75) is 4.90 Å². The van der Waals surface area contributed by atoms with Gasteiger partial charge in [0.2, 0.25) is 16.5 Å². The molecule has 186 valence electrons. The summed E-state index contributed by atoms with van der Waals surface area (Å²) < 4.78 is 35.8. The molecule has 0 saturated heterocycles. The SMILES string of the molecule is Nc1c(S(=O)(=O)[O-])cc(Nc2ccc(Nc3nc(Cl)nc(Cl)n3)cc2)c2c1C(=O)c1ccccc1C2=O.[Na+]. The summed E-state index contributed by atoms with van der Waals surface area (Å²) in [5.74, 6) is -1.10. The van der Waals surface area contributed by atoms with Crippen LogP contribution in [0.1, 0.15) is 31.8 Å². The molecule has 1 aromatic heterocycles. The fourth-order valence-corrected chi connectivity index (χ4v) is 4.90. The predicted octanol–water partition coefficient (Wildman–Crippen LogP) is 0.931. The first kappa shape index (κ1) is 27.9. The van der Waals surface area contributed by atoms with Crippen molar-refractivity contribution in [2.24, 2.45) is 0 Å². The minimum Gasteiger partial charge on any atom is -0.744 e. The van der Waals surface area contributed by atoms with Crippen molar-refractivity contribution >= 4 is 73.6 Å². The standard InChI is InChI=1S/C23H14Cl2N6O5S.Na/c24-21-29-22(25)31-23(30-21)28-11-7-5-10(6-8-11)27-14-9-15(37(34,35)36)18(26)17-16(14)19(32)12-3-1-2-4-13(12)20(17)33;/h1-9,27H,26H2,(H,34,35,36)(H,28,29,30,31);/q;+1/p-1. The second-order valence-corrected chi connectivity index (χ2v) is 9.79. The molecule has 3 aromatic carbocycles. The molecule has 11 nitrogen and oxygen atoms in total. The van der Waals surface area contributed by atoms with Crippen LogP contribution in [0.4, 0.5) is 28.7 Å². The number of fused-ring (bicyclic) bond motifs is 2. The number of carbonyl (C=O) groups excluding carboxylic acids is 2. The number of aromatic nitrogens is 3. The van der Waals surface area contributed by atoms with Gasteiger partial charge in [0, 0.05) is 22.5 Å². The molecule has 0 atom stereocenters. The van der Waals surface area contributed by atoms with Crippen molar-refractivity contribution in [1.29, 1.82) is 0 Å². The Hall–Kier alpha value is -3.10. The van der Waals surface area contributed by atoms with Gasteiger partial charge in [-0.3, -0.25) is 9.59 Å². The number of hydrogen-bond acceptors (Lipinski definition) is 11. The van der Waals surface area contributed by atoms with Crippen LogP contribution < -0.4 is 45.9 Å². The Bertz CT molecular complexity index is 1720. The fourth-order valence-electron chi connectivity index (χ4n) is 3.90. The molecule has 1 aliphatic carbocycles. The molecule has 15 heteroatoms. The summed E-state index contributed by atoms with van der Waals surface area (Å²) >= 11 is 11.6. The van der Waals surface area contributed by atoms with Crippen LogP contribution in [0.2, 0.25) is 10.6 Å². The first-order valence-electron chi connectivity index (χ1n) is 10.3. The molecule has 0 aliphatic heterocycles. The van der Waals surface area contributed by atoms with Crippen LogP contribution in [0, 0.1) is 0 Å². The molecule has 0 bridgehead atoms. The molecular formula is C23H13Cl2N6NaO5S. The number of carbonyl (C=O) groups is 2. The Morgan fingerprint density at radius 1 is 0.789 bits per heavy atom. The van der Waals surface area contributed by atoms with Gasteiger partial charge in [-0.05, 0) is 53.5 Å². The Balaban J connectivity index is 0.00000336. The number of nitrogens with two attached hydrogens (primary N) is 1. The Morgan fingerprint density at radius 2 is 1.29 bits per heavy atom. The topological polar surface area (TPSA) is 180 Å². The van der Waals surface area contributed by atoms with E-state index in [1.54, 1.807) is 36.4 Å². The van der Waals surface area contributed by atoms with E-state index in [1.165, 1.54) is 12.1 Å². The number of anilines is 5. The van der Waals surface area contributed by atoms with Gasteiger partial charge in [-0.15, -0.1) is 0 Å². The molecule has 5 rings (SSSR count). The molecule has 4 N–H and O–H groups in total. The van der Waals surface area contributed by atoms with Crippen molar-refractivity contribution in [3.63, 3.8) is 0 Å². The first-order valence-corrected chi connectivity index (χ1v) is 12.5. The number of rotatable bonds is 5. The van der Waals surface area contributed by atoms with E-state index < -0.39 is 32.3 Å². The molecule has 0 amide bonds. The average molecular weight is 579 g/mol. The van der Waals surface area contributed by atoms with Gasteiger partial charge in [0.1, 0.15) is 10.1 Å². The van der Waals surface area contributed by atoms with Crippen molar-refractivity contribution in [3.05, 3.63) is 87.4 Å². The Kier molecular flexibility index (Phi) is 7.77. The zero-order chi connectivity index (χ0) is 26.5. The van der Waals surface area contributed by atoms with Crippen molar-refractivity contribution in [3.8, 4) is 0 Å². The number of benzene rings is 3. The molecule has 38 heavy (non-hydrogen) atoms. The molecular weight excluding hydrogens is 566 g/mol. The van der Waals surface area contributed by atoms with Crippen LogP contribution in [-0.2, 0) is 10.1 Å². The van der Waals surface area contributed by atoms with Crippen LogP contribution >= 0.6 is 23.2 Å². The summed E-state index contributed by atoms with van der Waals surface area (Å²) in [6.07, 6.45) is 0. The summed E-state index contributed by atoms with van der Waals surface area (Å²) in [4.78, 5) is 37.3. The van der Waals surface area contributed by atoms with Gasteiger partial charge in [-0.25, -0.2) is 8.42 Å². The van der Waals surface area contributed by atoms with E-state index in [9.17, 15) is 22.6 Å². The molecule has 0 radical (unpaired) electrons. The predicted molar refractivity (Wildman–Crippen MR) is 135 cm³/mol. The largest absolute Gasteiger partial charge is 1.00 e. The summed E-state index contributed by atoms with van der Waals surface area (Å²) in [5, 5.41) is 5.62.